The van der Waals surface area contributed by atoms with Crippen LogP contribution in [0.15, 0.2) is 12.1 Å². The van der Waals surface area contributed by atoms with E-state index in [0.29, 0.717) is 0 Å². The highest BCUT2D eigenvalue weighted by molar-refractivity contribution is 5.80. The standard InChI is InChI=1S/C13H18N2/c1-4-5-6-11-9(2)7-8-12-13(11)15-10(3)14-12/h7-8H,4-6H2,1-3H3,(H,14,15). The minimum atomic E-state index is 1.01. The quantitative estimate of drug-likeness (QED) is 0.810. The third-order valence-electron chi connectivity index (χ3n) is 2.89. The van der Waals surface area contributed by atoms with Crippen LogP contribution < -0.4 is 0 Å². The molecule has 0 bridgehead atoms. The van der Waals surface area contributed by atoms with E-state index in [4.69, 9.17) is 0 Å². The molecule has 0 radical (unpaired) electrons. The fraction of sp³-hybridized carbons (Fsp3) is 0.462. The Kier molecular flexibility index (Phi) is 2.76. The molecule has 1 heterocycles. The van der Waals surface area contributed by atoms with E-state index >= 15 is 0 Å². The molecule has 0 aliphatic heterocycles. The van der Waals surface area contributed by atoms with Crippen molar-refractivity contribution >= 4 is 11.0 Å². The van der Waals surface area contributed by atoms with Crippen molar-refractivity contribution in [3.63, 3.8) is 0 Å². The zero-order chi connectivity index (χ0) is 10.8. The lowest BCUT2D eigenvalue weighted by molar-refractivity contribution is 0.794. The van der Waals surface area contributed by atoms with Crippen LogP contribution in [0.25, 0.3) is 11.0 Å². The van der Waals surface area contributed by atoms with Crippen molar-refractivity contribution in [1.82, 2.24) is 9.97 Å². The molecule has 0 unspecified atom stereocenters. The summed E-state index contributed by atoms with van der Waals surface area (Å²) in [6.07, 6.45) is 3.62. The SMILES string of the molecule is CCCCc1c(C)ccc2[nH]c(C)nc12. The number of benzene rings is 1. The number of H-pyrrole nitrogens is 1. The molecule has 0 fully saturated rings. The number of nitrogens with one attached hydrogen (secondary N) is 1. The summed E-state index contributed by atoms with van der Waals surface area (Å²) in [5, 5.41) is 0. The number of unbranched alkanes of at least 4 members (excludes halogenated alkanes) is 1. The molecule has 0 saturated carbocycles. The summed E-state index contributed by atoms with van der Waals surface area (Å²) >= 11 is 0. The number of aromatic nitrogens is 2. The maximum Gasteiger partial charge on any atom is 0.104 e. The summed E-state index contributed by atoms with van der Waals surface area (Å²) in [5.41, 5.74) is 5.12. The topological polar surface area (TPSA) is 28.7 Å². The van der Waals surface area contributed by atoms with Crippen molar-refractivity contribution in [2.75, 3.05) is 0 Å². The number of fused-ring (bicyclic) bond motifs is 1. The zero-order valence-corrected chi connectivity index (χ0v) is 9.72. The van der Waals surface area contributed by atoms with Gasteiger partial charge in [-0.1, -0.05) is 19.4 Å². The predicted octanol–water partition coefficient (Wildman–Crippen LogP) is 3.52. The van der Waals surface area contributed by atoms with Gasteiger partial charge in [0.1, 0.15) is 5.82 Å². The molecule has 1 N–H and O–H groups in total. The van der Waals surface area contributed by atoms with E-state index in [1.165, 1.54) is 35.0 Å². The van der Waals surface area contributed by atoms with E-state index in [-0.39, 0.29) is 0 Å². The van der Waals surface area contributed by atoms with Crippen molar-refractivity contribution in [2.24, 2.45) is 0 Å². The molecule has 0 aliphatic rings. The van der Waals surface area contributed by atoms with Crippen molar-refractivity contribution in [2.45, 2.75) is 40.0 Å². The van der Waals surface area contributed by atoms with Gasteiger partial charge in [0.15, 0.2) is 0 Å². The van der Waals surface area contributed by atoms with Gasteiger partial charge in [-0.25, -0.2) is 4.98 Å². The summed E-state index contributed by atoms with van der Waals surface area (Å²) in [4.78, 5) is 7.86. The number of rotatable bonds is 3. The number of hydrogen-bond donors (Lipinski definition) is 1. The molecule has 0 spiro atoms. The first kappa shape index (κ1) is 10.2. The Morgan fingerprint density at radius 1 is 1.27 bits per heavy atom. The molecule has 2 heteroatoms. The van der Waals surface area contributed by atoms with Gasteiger partial charge in [0.25, 0.3) is 0 Å². The van der Waals surface area contributed by atoms with Crippen molar-refractivity contribution in [1.29, 1.82) is 0 Å². The summed E-state index contributed by atoms with van der Waals surface area (Å²) in [6, 6.07) is 4.31. The van der Waals surface area contributed by atoms with Gasteiger partial charge in [-0.05, 0) is 43.9 Å². The lowest BCUT2D eigenvalue weighted by Gasteiger charge is -2.05. The number of aryl methyl sites for hydroxylation is 3. The molecule has 2 aromatic rings. The van der Waals surface area contributed by atoms with Crippen LogP contribution in [0.2, 0.25) is 0 Å². The zero-order valence-electron chi connectivity index (χ0n) is 9.72. The normalized spacial score (nSPS) is 11.1. The number of aromatic amines is 1. The van der Waals surface area contributed by atoms with Crippen LogP contribution in [0.3, 0.4) is 0 Å². The lowest BCUT2D eigenvalue weighted by Crippen LogP contribution is -1.91. The van der Waals surface area contributed by atoms with E-state index in [1.807, 2.05) is 6.92 Å². The van der Waals surface area contributed by atoms with E-state index in [0.717, 1.165) is 12.2 Å². The molecule has 0 saturated heterocycles. The molecule has 2 rings (SSSR count). The van der Waals surface area contributed by atoms with Crippen LogP contribution in [-0.4, -0.2) is 9.97 Å². The highest BCUT2D eigenvalue weighted by Crippen LogP contribution is 2.21. The van der Waals surface area contributed by atoms with Crippen LogP contribution in [0.1, 0.15) is 36.7 Å². The molecule has 0 atom stereocenters. The Morgan fingerprint density at radius 2 is 2.07 bits per heavy atom. The molecule has 2 nitrogen and oxygen atoms in total. The Bertz CT molecular complexity index is 469. The Balaban J connectivity index is 2.52. The van der Waals surface area contributed by atoms with Gasteiger partial charge in [0.2, 0.25) is 0 Å². The summed E-state index contributed by atoms with van der Waals surface area (Å²) < 4.78 is 0. The van der Waals surface area contributed by atoms with Crippen molar-refractivity contribution in [3.8, 4) is 0 Å². The van der Waals surface area contributed by atoms with Gasteiger partial charge in [-0.15, -0.1) is 0 Å². The Morgan fingerprint density at radius 3 is 2.80 bits per heavy atom. The molecule has 80 valence electrons. The van der Waals surface area contributed by atoms with Crippen molar-refractivity contribution in [3.05, 3.63) is 29.1 Å². The molecular formula is C13H18N2. The maximum atomic E-state index is 4.57. The number of hydrogen-bond acceptors (Lipinski definition) is 1. The Hall–Kier alpha value is -1.31. The van der Waals surface area contributed by atoms with Crippen LogP contribution in [0.4, 0.5) is 0 Å². The fourth-order valence-corrected chi connectivity index (χ4v) is 2.03. The molecule has 1 aromatic carbocycles. The molecule has 15 heavy (non-hydrogen) atoms. The van der Waals surface area contributed by atoms with E-state index < -0.39 is 0 Å². The molecular weight excluding hydrogens is 184 g/mol. The highest BCUT2D eigenvalue weighted by atomic mass is 14.9. The van der Waals surface area contributed by atoms with E-state index in [1.54, 1.807) is 0 Å². The number of imidazole rings is 1. The van der Waals surface area contributed by atoms with Crippen molar-refractivity contribution < 1.29 is 0 Å². The van der Waals surface area contributed by atoms with Gasteiger partial charge < -0.3 is 4.98 Å². The minimum absolute atomic E-state index is 1.01. The lowest BCUT2D eigenvalue weighted by atomic mass is 10.0. The van der Waals surface area contributed by atoms with Gasteiger partial charge >= 0.3 is 0 Å². The summed E-state index contributed by atoms with van der Waals surface area (Å²) in [5.74, 6) is 1.01. The average Bonchev–Trinajstić information content (AvgIpc) is 2.57. The van der Waals surface area contributed by atoms with Crippen LogP contribution in [-0.2, 0) is 6.42 Å². The van der Waals surface area contributed by atoms with Gasteiger partial charge in [0, 0.05) is 0 Å². The van der Waals surface area contributed by atoms with Gasteiger partial charge in [0.05, 0.1) is 11.0 Å². The first-order valence-corrected chi connectivity index (χ1v) is 5.67. The van der Waals surface area contributed by atoms with E-state index in [2.05, 4.69) is 35.9 Å². The molecule has 1 aromatic heterocycles. The Labute approximate surface area is 90.7 Å². The minimum Gasteiger partial charge on any atom is -0.342 e. The van der Waals surface area contributed by atoms with Gasteiger partial charge in [-0.2, -0.15) is 0 Å². The molecule has 0 aliphatic carbocycles. The van der Waals surface area contributed by atoms with Crippen LogP contribution in [0.5, 0.6) is 0 Å². The second-order valence-electron chi connectivity index (χ2n) is 4.18. The highest BCUT2D eigenvalue weighted by Gasteiger charge is 2.07. The monoisotopic (exact) mass is 202 g/mol. The smallest absolute Gasteiger partial charge is 0.104 e. The third-order valence-corrected chi connectivity index (χ3v) is 2.89. The molecule has 0 amide bonds. The first-order valence-electron chi connectivity index (χ1n) is 5.67. The van der Waals surface area contributed by atoms with Crippen LogP contribution >= 0.6 is 0 Å². The average molecular weight is 202 g/mol. The predicted molar refractivity (Wildman–Crippen MR) is 64.2 cm³/mol. The number of nitrogens with zero attached hydrogens (tertiary/aromatic N) is 1. The maximum absolute atomic E-state index is 4.57. The first-order chi connectivity index (χ1) is 7.22. The van der Waals surface area contributed by atoms with Crippen LogP contribution in [0, 0.1) is 13.8 Å². The fourth-order valence-electron chi connectivity index (χ4n) is 2.03. The van der Waals surface area contributed by atoms with Gasteiger partial charge in [-0.3, -0.25) is 0 Å². The largest absolute Gasteiger partial charge is 0.342 e. The second kappa shape index (κ2) is 4.05. The summed E-state index contributed by atoms with van der Waals surface area (Å²) in [7, 11) is 0. The summed E-state index contributed by atoms with van der Waals surface area (Å²) in [6.45, 7) is 6.42. The second-order valence-corrected chi connectivity index (χ2v) is 4.18. The van der Waals surface area contributed by atoms with E-state index in [9.17, 15) is 0 Å². The third kappa shape index (κ3) is 1.89.